The Bertz CT molecular complexity index is 1020. The Balaban J connectivity index is 1.63. The van der Waals surface area contributed by atoms with Gasteiger partial charge in [-0.05, 0) is 76.6 Å². The van der Waals surface area contributed by atoms with Crippen molar-refractivity contribution in [2.24, 2.45) is 16.6 Å². The van der Waals surface area contributed by atoms with Gasteiger partial charge in [0.05, 0.1) is 6.54 Å². The quantitative estimate of drug-likeness (QED) is 0.245. The molecule has 4 N–H and O–H groups in total. The van der Waals surface area contributed by atoms with Crippen LogP contribution in [0.4, 0.5) is 4.79 Å². The van der Waals surface area contributed by atoms with Crippen LogP contribution in [0.25, 0.3) is 6.08 Å². The number of nitrogens with one attached hydrogen (secondary N) is 1. The van der Waals surface area contributed by atoms with Crippen LogP contribution >= 0.6 is 0 Å². The number of ether oxygens (including phenoxy) is 1. The third kappa shape index (κ3) is 9.05. The maximum Gasteiger partial charge on any atom is 0.410 e. The summed E-state index contributed by atoms with van der Waals surface area (Å²) >= 11 is 0. The minimum atomic E-state index is -0.527. The van der Waals surface area contributed by atoms with E-state index in [-0.39, 0.29) is 30.5 Å². The maximum atomic E-state index is 13.4. The summed E-state index contributed by atoms with van der Waals surface area (Å²) in [5, 5.41) is 12.8. The molecule has 0 aliphatic heterocycles. The Morgan fingerprint density at radius 3 is 2.50 bits per heavy atom. The van der Waals surface area contributed by atoms with E-state index in [4.69, 9.17) is 10.5 Å². The summed E-state index contributed by atoms with van der Waals surface area (Å²) in [6, 6.07) is 11.1. The van der Waals surface area contributed by atoms with E-state index in [2.05, 4.69) is 59.1 Å². The van der Waals surface area contributed by atoms with E-state index in [1.165, 1.54) is 17.3 Å². The van der Waals surface area contributed by atoms with E-state index in [0.717, 1.165) is 44.1 Å². The third-order valence-electron chi connectivity index (χ3n) is 7.18. The first-order valence-electron chi connectivity index (χ1n) is 13.9. The number of carbonyl (C=O) groups excluding carboxylic acids is 1. The number of aliphatic imine (C=N–C) groups is 1. The van der Waals surface area contributed by atoms with Gasteiger partial charge in [0.25, 0.3) is 0 Å². The standard InChI is InChI=1S/C31H46N4O3/c1-6-25(16-23-10-8-7-9-11-23)28-17-29(28)35(30(37)38-31(3,4)5)27-14-12-26(13-15-27)34-21-24(18-32)20-33-19-22(2)36/h7-11,16,18,20,26-29,34,36H,2,6,12-15,17,19,21,32H2,1,3-5H3. The molecule has 2 saturated carbocycles. The van der Waals surface area contributed by atoms with Crippen LogP contribution in [0, 0.1) is 5.92 Å². The highest BCUT2D eigenvalue weighted by molar-refractivity contribution is 5.79. The molecule has 0 heterocycles. The lowest BCUT2D eigenvalue weighted by atomic mass is 9.89. The van der Waals surface area contributed by atoms with E-state index in [1.54, 1.807) is 6.21 Å². The van der Waals surface area contributed by atoms with Gasteiger partial charge in [0.1, 0.15) is 11.4 Å². The number of hydrogen-bond acceptors (Lipinski definition) is 6. The van der Waals surface area contributed by atoms with Crippen LogP contribution in [-0.4, -0.2) is 59.1 Å². The number of nitrogens with zero attached hydrogens (tertiary/aromatic N) is 2. The number of rotatable bonds is 11. The summed E-state index contributed by atoms with van der Waals surface area (Å²) in [5.74, 6) is 0.410. The average molecular weight is 523 g/mol. The fourth-order valence-corrected chi connectivity index (χ4v) is 5.23. The zero-order chi connectivity index (χ0) is 27.7. The molecule has 38 heavy (non-hydrogen) atoms. The second kappa shape index (κ2) is 13.7. The van der Waals surface area contributed by atoms with Crippen molar-refractivity contribution in [2.75, 3.05) is 13.1 Å². The van der Waals surface area contributed by atoms with Crippen molar-refractivity contribution in [3.05, 3.63) is 65.6 Å². The number of aliphatic hydroxyl groups excluding tert-OH is 1. The topological polar surface area (TPSA) is 100 Å². The van der Waals surface area contributed by atoms with Gasteiger partial charge < -0.3 is 25.8 Å². The maximum absolute atomic E-state index is 13.4. The Kier molecular flexibility index (Phi) is 10.6. The predicted molar refractivity (Wildman–Crippen MR) is 156 cm³/mol. The molecule has 7 heteroatoms. The van der Waals surface area contributed by atoms with Crippen LogP contribution in [0.1, 0.15) is 71.8 Å². The molecule has 2 fully saturated rings. The Labute approximate surface area is 228 Å². The fraction of sp³-hybridized carbons (Fsp3) is 0.548. The van der Waals surface area contributed by atoms with Gasteiger partial charge in [-0.25, -0.2) is 4.79 Å². The number of hydrogen-bond donors (Lipinski definition) is 3. The summed E-state index contributed by atoms with van der Waals surface area (Å²) in [6.45, 7) is 12.2. The monoisotopic (exact) mass is 522 g/mol. The molecular formula is C31H46N4O3. The molecule has 3 rings (SSSR count). The summed E-state index contributed by atoms with van der Waals surface area (Å²) in [5.41, 5.74) is 8.69. The molecular weight excluding hydrogens is 476 g/mol. The van der Waals surface area contributed by atoms with Crippen molar-refractivity contribution in [1.29, 1.82) is 0 Å². The first kappa shape index (κ1) is 29.5. The van der Waals surface area contributed by atoms with Gasteiger partial charge in [0.2, 0.25) is 0 Å². The van der Waals surface area contributed by atoms with Crippen LogP contribution in [0.3, 0.4) is 0 Å². The van der Waals surface area contributed by atoms with Gasteiger partial charge in [-0.2, -0.15) is 0 Å². The normalized spacial score (nSPS) is 24.3. The molecule has 1 amide bonds. The van der Waals surface area contributed by atoms with Crippen LogP contribution in [-0.2, 0) is 4.74 Å². The SMILES string of the molecule is C=C(O)CN=CC(=CN)CNC1CCC(N(C(=O)OC(C)(C)C)C2CC2C(=Cc2ccccc2)CC)CC1. The lowest BCUT2D eigenvalue weighted by molar-refractivity contribution is 0.00792. The first-order valence-corrected chi connectivity index (χ1v) is 13.9. The van der Waals surface area contributed by atoms with Crippen molar-refractivity contribution in [1.82, 2.24) is 10.2 Å². The zero-order valence-electron chi connectivity index (χ0n) is 23.5. The molecule has 0 aromatic heterocycles. The second-order valence-corrected chi connectivity index (χ2v) is 11.4. The van der Waals surface area contributed by atoms with Crippen LogP contribution in [0.15, 0.2) is 65.0 Å². The van der Waals surface area contributed by atoms with Gasteiger partial charge >= 0.3 is 6.09 Å². The molecule has 0 spiro atoms. The molecule has 0 bridgehead atoms. The Morgan fingerprint density at radius 2 is 1.92 bits per heavy atom. The number of carbonyl (C=O) groups is 1. The van der Waals surface area contributed by atoms with Crippen LogP contribution in [0.5, 0.6) is 0 Å². The molecule has 0 saturated heterocycles. The summed E-state index contributed by atoms with van der Waals surface area (Å²) in [4.78, 5) is 19.7. The number of amides is 1. The van der Waals surface area contributed by atoms with Gasteiger partial charge in [0.15, 0.2) is 0 Å². The van der Waals surface area contributed by atoms with Crippen molar-refractivity contribution in [2.45, 2.75) is 89.9 Å². The molecule has 0 radical (unpaired) electrons. The van der Waals surface area contributed by atoms with Crippen LogP contribution in [0.2, 0.25) is 0 Å². The number of benzene rings is 1. The molecule has 208 valence electrons. The molecule has 2 unspecified atom stereocenters. The lowest BCUT2D eigenvalue weighted by Gasteiger charge is -2.38. The molecule has 2 atom stereocenters. The van der Waals surface area contributed by atoms with E-state index < -0.39 is 5.60 Å². The molecule has 1 aromatic rings. The van der Waals surface area contributed by atoms with Crippen molar-refractivity contribution < 1.29 is 14.6 Å². The minimum Gasteiger partial charge on any atom is -0.511 e. The van der Waals surface area contributed by atoms with E-state index in [0.29, 0.717) is 18.5 Å². The van der Waals surface area contributed by atoms with Crippen LogP contribution < -0.4 is 11.1 Å². The minimum absolute atomic E-state index is 0.0259. The van der Waals surface area contributed by atoms with E-state index in [1.807, 2.05) is 26.8 Å². The number of nitrogens with two attached hydrogens (primary N) is 1. The summed E-state index contributed by atoms with van der Waals surface area (Å²) in [6.07, 6.45) is 11.1. The van der Waals surface area contributed by atoms with E-state index >= 15 is 0 Å². The van der Waals surface area contributed by atoms with Gasteiger partial charge in [-0.3, -0.25) is 4.99 Å². The smallest absolute Gasteiger partial charge is 0.410 e. The Morgan fingerprint density at radius 1 is 1.24 bits per heavy atom. The average Bonchev–Trinajstić information content (AvgIpc) is 3.65. The highest BCUT2D eigenvalue weighted by atomic mass is 16.6. The first-order chi connectivity index (χ1) is 18.1. The number of aliphatic hydroxyl groups is 1. The van der Waals surface area contributed by atoms with E-state index in [9.17, 15) is 9.90 Å². The van der Waals surface area contributed by atoms with Crippen molar-refractivity contribution in [3.8, 4) is 0 Å². The molecule has 7 nitrogen and oxygen atoms in total. The Hall–Kier alpha value is -3.06. The molecule has 1 aromatic carbocycles. The summed E-state index contributed by atoms with van der Waals surface area (Å²) in [7, 11) is 0. The highest BCUT2D eigenvalue weighted by Crippen LogP contribution is 2.46. The van der Waals surface area contributed by atoms with Gasteiger partial charge in [0, 0.05) is 36.8 Å². The van der Waals surface area contributed by atoms with Gasteiger partial charge in [-0.1, -0.05) is 55.5 Å². The predicted octanol–water partition coefficient (Wildman–Crippen LogP) is 5.99. The van der Waals surface area contributed by atoms with Gasteiger partial charge in [-0.15, -0.1) is 0 Å². The zero-order valence-corrected chi connectivity index (χ0v) is 23.5. The largest absolute Gasteiger partial charge is 0.511 e. The third-order valence-corrected chi connectivity index (χ3v) is 7.18. The lowest BCUT2D eigenvalue weighted by Crippen LogP contribution is -2.48. The molecule has 2 aliphatic carbocycles. The molecule has 2 aliphatic rings. The second-order valence-electron chi connectivity index (χ2n) is 11.4. The fourth-order valence-electron chi connectivity index (χ4n) is 5.23. The highest BCUT2D eigenvalue weighted by Gasteiger charge is 2.49. The summed E-state index contributed by atoms with van der Waals surface area (Å²) < 4.78 is 5.90. The van der Waals surface area contributed by atoms with Crippen molar-refractivity contribution >= 4 is 18.4 Å². The van der Waals surface area contributed by atoms with Crippen molar-refractivity contribution in [3.63, 3.8) is 0 Å².